The monoisotopic (exact) mass is 237 g/mol. The van der Waals surface area contributed by atoms with Gasteiger partial charge in [-0.3, -0.25) is 4.90 Å². The first kappa shape index (κ1) is 11.8. The molecular weight excluding hydrogens is 218 g/mol. The van der Waals surface area contributed by atoms with E-state index in [4.69, 9.17) is 0 Å². The summed E-state index contributed by atoms with van der Waals surface area (Å²) in [7, 11) is 0. The molecule has 1 aromatic carbocycles. The lowest BCUT2D eigenvalue weighted by Gasteiger charge is -2.23. The van der Waals surface area contributed by atoms with E-state index in [-0.39, 0.29) is 0 Å². The fourth-order valence-corrected chi connectivity index (χ4v) is 3.10. The van der Waals surface area contributed by atoms with Crippen LogP contribution in [0.5, 0.6) is 5.75 Å². The van der Waals surface area contributed by atoms with Gasteiger partial charge < -0.3 is 5.11 Å². The fraction of sp³-hybridized carbons (Fsp3) is 0.538. The predicted octanol–water partition coefficient (Wildman–Crippen LogP) is 2.97. The molecule has 1 heterocycles. The van der Waals surface area contributed by atoms with Crippen molar-refractivity contribution in [2.24, 2.45) is 0 Å². The number of rotatable bonds is 4. The van der Waals surface area contributed by atoms with E-state index in [1.165, 1.54) is 25.9 Å². The molecule has 0 saturated carbocycles. The molecular formula is C13H19NOS. The summed E-state index contributed by atoms with van der Waals surface area (Å²) in [6.45, 7) is 4.75. The highest BCUT2D eigenvalue weighted by Gasteiger charge is 2.18. The quantitative estimate of drug-likeness (QED) is 0.814. The van der Waals surface area contributed by atoms with Gasteiger partial charge in [-0.1, -0.05) is 12.1 Å². The minimum absolute atomic E-state index is 0.404. The van der Waals surface area contributed by atoms with E-state index in [0.717, 1.165) is 10.6 Å². The maximum atomic E-state index is 9.65. The molecule has 1 N–H and O–H groups in total. The highest BCUT2D eigenvalue weighted by atomic mass is 32.2. The van der Waals surface area contributed by atoms with Crippen LogP contribution in [0.25, 0.3) is 0 Å². The number of likely N-dealkylation sites (tertiary alicyclic amines) is 1. The van der Waals surface area contributed by atoms with E-state index in [1.807, 2.05) is 18.2 Å². The molecule has 0 spiro atoms. The van der Waals surface area contributed by atoms with Crippen LogP contribution >= 0.6 is 11.8 Å². The predicted molar refractivity (Wildman–Crippen MR) is 69.1 cm³/mol. The van der Waals surface area contributed by atoms with Crippen LogP contribution in [0.1, 0.15) is 19.8 Å². The third-order valence-electron chi connectivity index (χ3n) is 3.11. The van der Waals surface area contributed by atoms with Crippen molar-refractivity contribution in [3.05, 3.63) is 24.3 Å². The lowest BCUT2D eigenvalue weighted by Crippen LogP contribution is -2.31. The normalized spacial score (nSPS) is 18.8. The highest BCUT2D eigenvalue weighted by Crippen LogP contribution is 2.29. The van der Waals surface area contributed by atoms with Crippen molar-refractivity contribution in [2.75, 3.05) is 18.8 Å². The molecule has 3 heteroatoms. The maximum Gasteiger partial charge on any atom is 0.129 e. The zero-order chi connectivity index (χ0) is 11.4. The molecule has 1 aromatic rings. The van der Waals surface area contributed by atoms with E-state index >= 15 is 0 Å². The average Bonchev–Trinajstić information content (AvgIpc) is 2.81. The molecule has 1 aliphatic heterocycles. The van der Waals surface area contributed by atoms with Gasteiger partial charge in [0.1, 0.15) is 5.75 Å². The number of aromatic hydroxyl groups is 1. The van der Waals surface area contributed by atoms with E-state index in [2.05, 4.69) is 11.8 Å². The Morgan fingerprint density at radius 1 is 1.31 bits per heavy atom. The third kappa shape index (κ3) is 2.92. The van der Waals surface area contributed by atoms with Crippen LogP contribution in [0.4, 0.5) is 0 Å². The Morgan fingerprint density at radius 2 is 2.00 bits per heavy atom. The minimum Gasteiger partial charge on any atom is -0.507 e. The topological polar surface area (TPSA) is 23.5 Å². The van der Waals surface area contributed by atoms with Gasteiger partial charge in [-0.25, -0.2) is 0 Å². The molecule has 1 fully saturated rings. The van der Waals surface area contributed by atoms with Crippen molar-refractivity contribution < 1.29 is 5.11 Å². The second-order valence-electron chi connectivity index (χ2n) is 4.37. The van der Waals surface area contributed by atoms with Gasteiger partial charge in [0.25, 0.3) is 0 Å². The summed E-state index contributed by atoms with van der Waals surface area (Å²) >= 11 is 1.75. The molecule has 1 atom stereocenters. The van der Waals surface area contributed by atoms with Gasteiger partial charge >= 0.3 is 0 Å². The minimum atomic E-state index is 0.404. The third-order valence-corrected chi connectivity index (χ3v) is 4.41. The van der Waals surface area contributed by atoms with Crippen LogP contribution in [0.2, 0.25) is 0 Å². The molecule has 1 aliphatic rings. The first-order valence-corrected chi connectivity index (χ1v) is 6.91. The summed E-state index contributed by atoms with van der Waals surface area (Å²) in [4.78, 5) is 3.53. The Balaban J connectivity index is 1.84. The molecule has 0 amide bonds. The summed E-state index contributed by atoms with van der Waals surface area (Å²) in [6, 6.07) is 8.18. The Bertz CT molecular complexity index is 336. The zero-order valence-corrected chi connectivity index (χ0v) is 10.5. The molecule has 1 unspecified atom stereocenters. The average molecular weight is 237 g/mol. The van der Waals surface area contributed by atoms with Gasteiger partial charge in [-0.2, -0.15) is 0 Å². The molecule has 2 rings (SSSR count). The number of para-hydroxylation sites is 1. The molecule has 0 radical (unpaired) electrons. The van der Waals surface area contributed by atoms with E-state index < -0.39 is 0 Å². The van der Waals surface area contributed by atoms with Crippen molar-refractivity contribution in [3.8, 4) is 5.75 Å². The summed E-state index contributed by atoms with van der Waals surface area (Å²) in [5.41, 5.74) is 0. The number of benzene rings is 1. The second-order valence-corrected chi connectivity index (χ2v) is 5.43. The van der Waals surface area contributed by atoms with Crippen LogP contribution in [-0.2, 0) is 0 Å². The van der Waals surface area contributed by atoms with Gasteiger partial charge in [0.05, 0.1) is 0 Å². The smallest absolute Gasteiger partial charge is 0.129 e. The van der Waals surface area contributed by atoms with Crippen molar-refractivity contribution in [1.82, 2.24) is 4.90 Å². The number of phenolic OH excluding ortho intramolecular Hbond substituents is 1. The SMILES string of the molecule is CC(CSc1ccccc1O)N1CCCC1. The second kappa shape index (κ2) is 5.60. The number of hydrogen-bond acceptors (Lipinski definition) is 3. The maximum absolute atomic E-state index is 9.65. The molecule has 0 aromatic heterocycles. The molecule has 16 heavy (non-hydrogen) atoms. The number of thioether (sulfide) groups is 1. The van der Waals surface area contributed by atoms with Gasteiger partial charge in [0.15, 0.2) is 0 Å². The molecule has 88 valence electrons. The first-order valence-electron chi connectivity index (χ1n) is 5.92. The summed E-state index contributed by atoms with van der Waals surface area (Å²) in [5, 5.41) is 9.65. The zero-order valence-electron chi connectivity index (χ0n) is 9.72. The number of phenols is 1. The van der Waals surface area contributed by atoms with Gasteiger partial charge in [-0.15, -0.1) is 11.8 Å². The van der Waals surface area contributed by atoms with Crippen LogP contribution in [0.15, 0.2) is 29.2 Å². The van der Waals surface area contributed by atoms with Crippen LogP contribution in [0.3, 0.4) is 0 Å². The van der Waals surface area contributed by atoms with Crippen LogP contribution in [0, 0.1) is 0 Å². The number of hydrogen-bond donors (Lipinski definition) is 1. The van der Waals surface area contributed by atoms with Crippen molar-refractivity contribution in [3.63, 3.8) is 0 Å². The Morgan fingerprint density at radius 3 is 2.69 bits per heavy atom. The van der Waals surface area contributed by atoms with Gasteiger partial charge in [-0.05, 0) is 45.0 Å². The van der Waals surface area contributed by atoms with Crippen molar-refractivity contribution >= 4 is 11.8 Å². The van der Waals surface area contributed by atoms with Crippen LogP contribution in [-0.4, -0.2) is 34.9 Å². The van der Waals surface area contributed by atoms with E-state index in [9.17, 15) is 5.11 Å². The molecule has 0 aliphatic carbocycles. The van der Waals surface area contributed by atoms with E-state index in [0.29, 0.717) is 11.8 Å². The summed E-state index contributed by atoms with van der Waals surface area (Å²) < 4.78 is 0. The van der Waals surface area contributed by atoms with Gasteiger partial charge in [0, 0.05) is 16.7 Å². The Kier molecular flexibility index (Phi) is 4.13. The van der Waals surface area contributed by atoms with Gasteiger partial charge in [0.2, 0.25) is 0 Å². The highest BCUT2D eigenvalue weighted by molar-refractivity contribution is 7.99. The Labute approximate surface area is 102 Å². The summed E-state index contributed by atoms with van der Waals surface area (Å²) in [5.74, 6) is 1.46. The van der Waals surface area contributed by atoms with Crippen molar-refractivity contribution in [2.45, 2.75) is 30.7 Å². The Hall–Kier alpha value is -0.670. The van der Waals surface area contributed by atoms with Crippen molar-refractivity contribution in [1.29, 1.82) is 0 Å². The summed E-state index contributed by atoms with van der Waals surface area (Å²) in [6.07, 6.45) is 2.68. The molecule has 0 bridgehead atoms. The lowest BCUT2D eigenvalue weighted by atomic mass is 10.3. The molecule has 1 saturated heterocycles. The van der Waals surface area contributed by atoms with Crippen LogP contribution < -0.4 is 0 Å². The first-order chi connectivity index (χ1) is 7.77. The number of nitrogens with zero attached hydrogens (tertiary/aromatic N) is 1. The fourth-order valence-electron chi connectivity index (χ4n) is 2.08. The standard InChI is InChI=1S/C13H19NOS/c1-11(14-8-4-5-9-14)10-16-13-7-3-2-6-12(13)15/h2-3,6-7,11,15H,4-5,8-10H2,1H3. The van der Waals surface area contributed by atoms with E-state index in [1.54, 1.807) is 17.8 Å². The largest absolute Gasteiger partial charge is 0.507 e. The lowest BCUT2D eigenvalue weighted by molar-refractivity contribution is 0.280. The molecule has 2 nitrogen and oxygen atoms in total.